The van der Waals surface area contributed by atoms with Gasteiger partial charge in [0, 0.05) is 43.3 Å². The number of carbonyl (C=O) groups excluding carboxylic acids is 2. The van der Waals surface area contributed by atoms with E-state index in [1.165, 1.54) is 6.92 Å². The van der Waals surface area contributed by atoms with E-state index < -0.39 is 0 Å². The molecule has 0 spiro atoms. The van der Waals surface area contributed by atoms with E-state index in [1.807, 2.05) is 43.3 Å². The van der Waals surface area contributed by atoms with Gasteiger partial charge in [0.25, 0.3) is 5.91 Å². The highest BCUT2D eigenvalue weighted by atomic mass is 16.5. The number of rotatable bonds is 7. The van der Waals surface area contributed by atoms with E-state index in [0.29, 0.717) is 18.7 Å². The topological polar surface area (TPSA) is 67.4 Å². The Kier molecular flexibility index (Phi) is 8.26. The quantitative estimate of drug-likeness (QED) is 0.575. The van der Waals surface area contributed by atoms with Crippen molar-refractivity contribution in [1.82, 2.24) is 10.6 Å². The van der Waals surface area contributed by atoms with Gasteiger partial charge in [-0.3, -0.25) is 9.59 Å². The molecule has 2 aromatic carbocycles. The molecule has 0 aromatic heterocycles. The second-order valence-corrected chi connectivity index (χ2v) is 6.58. The summed E-state index contributed by atoms with van der Waals surface area (Å²) in [6, 6.07) is 15.3. The van der Waals surface area contributed by atoms with Crippen LogP contribution in [0.15, 0.2) is 48.5 Å². The molecule has 0 heterocycles. The van der Waals surface area contributed by atoms with Crippen molar-refractivity contribution in [2.75, 3.05) is 20.3 Å². The number of hydrogen-bond donors (Lipinski definition) is 2. The average molecular weight is 378 g/mol. The van der Waals surface area contributed by atoms with E-state index in [4.69, 9.17) is 4.74 Å². The number of carbonyl (C=O) groups is 2. The highest BCUT2D eigenvalue weighted by molar-refractivity contribution is 5.94. The summed E-state index contributed by atoms with van der Waals surface area (Å²) in [6.07, 6.45) is 0.779. The zero-order chi connectivity index (χ0) is 20.4. The van der Waals surface area contributed by atoms with E-state index in [2.05, 4.69) is 22.5 Å². The van der Waals surface area contributed by atoms with Gasteiger partial charge in [-0.2, -0.15) is 0 Å². The van der Waals surface area contributed by atoms with Gasteiger partial charge in [0.2, 0.25) is 5.91 Å². The molecular weight excluding hydrogens is 352 g/mol. The predicted molar refractivity (Wildman–Crippen MR) is 110 cm³/mol. The summed E-state index contributed by atoms with van der Waals surface area (Å²) in [5.41, 5.74) is 3.50. The van der Waals surface area contributed by atoms with E-state index in [-0.39, 0.29) is 17.9 Å². The molecule has 2 amide bonds. The first-order chi connectivity index (χ1) is 13.5. The number of amides is 2. The van der Waals surface area contributed by atoms with Crippen LogP contribution >= 0.6 is 0 Å². The van der Waals surface area contributed by atoms with Gasteiger partial charge in [-0.25, -0.2) is 0 Å². The predicted octanol–water partition coefficient (Wildman–Crippen LogP) is 2.53. The van der Waals surface area contributed by atoms with Gasteiger partial charge in [0.05, 0.1) is 6.61 Å². The molecule has 0 aliphatic rings. The van der Waals surface area contributed by atoms with Crippen molar-refractivity contribution in [2.24, 2.45) is 0 Å². The third-order valence-corrected chi connectivity index (χ3v) is 4.04. The van der Waals surface area contributed by atoms with Crippen LogP contribution in [0.1, 0.15) is 40.9 Å². The number of methoxy groups -OCH3 is 1. The Hall–Kier alpha value is -3.10. The lowest BCUT2D eigenvalue weighted by Gasteiger charge is -2.12. The Morgan fingerprint density at radius 1 is 1.00 bits per heavy atom. The lowest BCUT2D eigenvalue weighted by molar-refractivity contribution is -0.119. The van der Waals surface area contributed by atoms with E-state index >= 15 is 0 Å². The highest BCUT2D eigenvalue weighted by Gasteiger charge is 2.05. The standard InChI is InChI=1S/C23H26N2O3/c1-17(25-18(2)26)16-21-8-6-19(7-9-21)4-5-20-10-12-22(13-11-20)23(27)24-14-15-28-3/h6-13,17H,14-16H2,1-3H3,(H,24,27)(H,25,26). The lowest BCUT2D eigenvalue weighted by Crippen LogP contribution is -2.31. The van der Waals surface area contributed by atoms with Crippen molar-refractivity contribution in [3.8, 4) is 11.8 Å². The molecule has 0 aliphatic carbocycles. The molecule has 0 radical (unpaired) electrons. The fourth-order valence-electron chi connectivity index (χ4n) is 2.69. The maximum absolute atomic E-state index is 12.0. The van der Waals surface area contributed by atoms with Gasteiger partial charge in [-0.15, -0.1) is 0 Å². The minimum atomic E-state index is -0.124. The van der Waals surface area contributed by atoms with Crippen LogP contribution in [0.4, 0.5) is 0 Å². The number of ether oxygens (including phenoxy) is 1. The molecule has 2 rings (SSSR count). The fourth-order valence-corrected chi connectivity index (χ4v) is 2.69. The summed E-state index contributed by atoms with van der Waals surface area (Å²) in [7, 11) is 1.60. The van der Waals surface area contributed by atoms with Crippen LogP contribution in [0.3, 0.4) is 0 Å². The zero-order valence-corrected chi connectivity index (χ0v) is 16.5. The normalized spacial score (nSPS) is 11.1. The van der Waals surface area contributed by atoms with Gasteiger partial charge >= 0.3 is 0 Å². The van der Waals surface area contributed by atoms with Gasteiger partial charge < -0.3 is 15.4 Å². The van der Waals surface area contributed by atoms with Gasteiger partial charge in [-0.1, -0.05) is 24.0 Å². The zero-order valence-electron chi connectivity index (χ0n) is 16.5. The molecule has 0 fully saturated rings. The molecule has 5 heteroatoms. The van der Waals surface area contributed by atoms with Crippen molar-refractivity contribution in [1.29, 1.82) is 0 Å². The summed E-state index contributed by atoms with van der Waals surface area (Å²) in [5.74, 6) is 6.09. The van der Waals surface area contributed by atoms with Crippen molar-refractivity contribution < 1.29 is 14.3 Å². The van der Waals surface area contributed by atoms with E-state index in [0.717, 1.165) is 23.1 Å². The van der Waals surface area contributed by atoms with Crippen LogP contribution in [0.5, 0.6) is 0 Å². The Bertz CT molecular complexity index is 846. The van der Waals surface area contributed by atoms with Crippen LogP contribution < -0.4 is 10.6 Å². The van der Waals surface area contributed by atoms with Crippen LogP contribution in [0.2, 0.25) is 0 Å². The van der Waals surface area contributed by atoms with Crippen molar-refractivity contribution in [3.63, 3.8) is 0 Å². The molecule has 28 heavy (non-hydrogen) atoms. The van der Waals surface area contributed by atoms with Crippen molar-refractivity contribution in [2.45, 2.75) is 26.3 Å². The molecule has 1 atom stereocenters. The average Bonchev–Trinajstić information content (AvgIpc) is 2.67. The van der Waals surface area contributed by atoms with Crippen LogP contribution in [0.25, 0.3) is 0 Å². The van der Waals surface area contributed by atoms with E-state index in [1.54, 1.807) is 19.2 Å². The highest BCUT2D eigenvalue weighted by Crippen LogP contribution is 2.08. The summed E-state index contributed by atoms with van der Waals surface area (Å²) in [6.45, 7) is 4.48. The summed E-state index contributed by atoms with van der Waals surface area (Å²) in [5, 5.41) is 5.66. The first-order valence-corrected chi connectivity index (χ1v) is 9.23. The van der Waals surface area contributed by atoms with Gasteiger partial charge in [-0.05, 0) is 55.3 Å². The van der Waals surface area contributed by atoms with Crippen LogP contribution in [0, 0.1) is 11.8 Å². The second-order valence-electron chi connectivity index (χ2n) is 6.58. The molecule has 2 aromatic rings. The third-order valence-electron chi connectivity index (χ3n) is 4.04. The van der Waals surface area contributed by atoms with Crippen molar-refractivity contribution >= 4 is 11.8 Å². The summed E-state index contributed by atoms with van der Waals surface area (Å²) in [4.78, 5) is 23.0. The fraction of sp³-hybridized carbons (Fsp3) is 0.304. The molecule has 0 bridgehead atoms. The third kappa shape index (κ3) is 7.26. The largest absolute Gasteiger partial charge is 0.383 e. The Morgan fingerprint density at radius 3 is 2.11 bits per heavy atom. The molecular formula is C23H26N2O3. The second kappa shape index (κ2) is 10.9. The Morgan fingerprint density at radius 2 is 1.57 bits per heavy atom. The minimum absolute atomic E-state index is 0.0199. The minimum Gasteiger partial charge on any atom is -0.383 e. The molecule has 0 saturated carbocycles. The Balaban J connectivity index is 1.94. The monoisotopic (exact) mass is 378 g/mol. The van der Waals surface area contributed by atoms with E-state index in [9.17, 15) is 9.59 Å². The molecule has 1 unspecified atom stereocenters. The first-order valence-electron chi connectivity index (χ1n) is 9.23. The number of nitrogens with one attached hydrogen (secondary N) is 2. The summed E-state index contributed by atoms with van der Waals surface area (Å²) < 4.78 is 4.91. The number of benzene rings is 2. The first kappa shape index (κ1) is 21.2. The Labute approximate surface area is 166 Å². The van der Waals surface area contributed by atoms with Gasteiger partial charge in [0.15, 0.2) is 0 Å². The maximum Gasteiger partial charge on any atom is 0.251 e. The molecule has 146 valence electrons. The molecule has 5 nitrogen and oxygen atoms in total. The van der Waals surface area contributed by atoms with Crippen molar-refractivity contribution in [3.05, 3.63) is 70.8 Å². The number of hydrogen-bond acceptors (Lipinski definition) is 3. The van der Waals surface area contributed by atoms with Gasteiger partial charge in [0.1, 0.15) is 0 Å². The molecule has 2 N–H and O–H groups in total. The van der Waals surface area contributed by atoms with Crippen LogP contribution in [-0.4, -0.2) is 38.1 Å². The smallest absolute Gasteiger partial charge is 0.251 e. The van der Waals surface area contributed by atoms with Crippen LogP contribution in [-0.2, 0) is 16.0 Å². The molecule has 0 saturated heterocycles. The maximum atomic E-state index is 12.0. The SMILES string of the molecule is COCCNC(=O)c1ccc(C#Cc2ccc(CC(C)NC(C)=O)cc2)cc1. The molecule has 0 aliphatic heterocycles. The lowest BCUT2D eigenvalue weighted by atomic mass is 10.0. The summed E-state index contributed by atoms with van der Waals surface area (Å²) >= 11 is 0.